The SMILES string of the molecule is CCN1C[C@H](C)C[C@H](C(C)C)C1. The Labute approximate surface area is 77.1 Å². The average Bonchev–Trinajstić information content (AvgIpc) is 2.03. The Morgan fingerprint density at radius 2 is 2.00 bits per heavy atom. The highest BCUT2D eigenvalue weighted by atomic mass is 15.1. The molecule has 1 saturated heterocycles. The van der Waals surface area contributed by atoms with Crippen molar-refractivity contribution in [2.45, 2.75) is 34.1 Å². The first kappa shape index (κ1) is 10.0. The summed E-state index contributed by atoms with van der Waals surface area (Å²) in [5.74, 6) is 2.71. The molecule has 72 valence electrons. The number of piperidine rings is 1. The summed E-state index contributed by atoms with van der Waals surface area (Å²) < 4.78 is 0. The molecule has 1 aliphatic rings. The van der Waals surface area contributed by atoms with Gasteiger partial charge in [0.1, 0.15) is 0 Å². The molecule has 0 saturated carbocycles. The molecule has 0 aliphatic carbocycles. The monoisotopic (exact) mass is 169 g/mol. The molecule has 1 fully saturated rings. The molecule has 1 aliphatic heterocycles. The van der Waals surface area contributed by atoms with E-state index in [1.807, 2.05) is 0 Å². The largest absolute Gasteiger partial charge is 0.303 e. The minimum Gasteiger partial charge on any atom is -0.303 e. The van der Waals surface area contributed by atoms with Crippen LogP contribution in [-0.4, -0.2) is 24.5 Å². The molecule has 1 heterocycles. The first-order valence-electron chi connectivity index (χ1n) is 5.35. The Bertz CT molecular complexity index is 131. The molecule has 0 spiro atoms. The fraction of sp³-hybridized carbons (Fsp3) is 1.00. The topological polar surface area (TPSA) is 3.24 Å². The summed E-state index contributed by atoms with van der Waals surface area (Å²) in [6.07, 6.45) is 1.44. The van der Waals surface area contributed by atoms with Gasteiger partial charge in [0.2, 0.25) is 0 Å². The van der Waals surface area contributed by atoms with E-state index in [0.717, 1.165) is 17.8 Å². The van der Waals surface area contributed by atoms with Crippen LogP contribution in [0.3, 0.4) is 0 Å². The number of nitrogens with zero attached hydrogens (tertiary/aromatic N) is 1. The van der Waals surface area contributed by atoms with Gasteiger partial charge in [0.15, 0.2) is 0 Å². The van der Waals surface area contributed by atoms with E-state index in [4.69, 9.17) is 0 Å². The molecular weight excluding hydrogens is 146 g/mol. The van der Waals surface area contributed by atoms with Crippen LogP contribution in [0.15, 0.2) is 0 Å². The van der Waals surface area contributed by atoms with Crippen LogP contribution in [-0.2, 0) is 0 Å². The van der Waals surface area contributed by atoms with E-state index in [1.165, 1.54) is 26.1 Å². The first-order chi connectivity index (χ1) is 5.63. The van der Waals surface area contributed by atoms with Crippen molar-refractivity contribution in [1.82, 2.24) is 4.90 Å². The molecule has 1 nitrogen and oxygen atoms in total. The second-order valence-corrected chi connectivity index (χ2v) is 4.70. The Morgan fingerprint density at radius 3 is 2.50 bits per heavy atom. The van der Waals surface area contributed by atoms with E-state index < -0.39 is 0 Å². The van der Waals surface area contributed by atoms with Gasteiger partial charge in [-0.25, -0.2) is 0 Å². The minimum atomic E-state index is 0.863. The Kier molecular flexibility index (Phi) is 3.57. The molecule has 2 atom stereocenters. The lowest BCUT2D eigenvalue weighted by Gasteiger charge is -2.37. The third kappa shape index (κ3) is 2.48. The second-order valence-electron chi connectivity index (χ2n) is 4.70. The van der Waals surface area contributed by atoms with Crippen molar-refractivity contribution in [2.75, 3.05) is 19.6 Å². The quantitative estimate of drug-likeness (QED) is 0.614. The molecule has 0 radical (unpaired) electrons. The minimum absolute atomic E-state index is 0.863. The Morgan fingerprint density at radius 1 is 1.33 bits per heavy atom. The van der Waals surface area contributed by atoms with E-state index in [2.05, 4.69) is 32.6 Å². The highest BCUT2D eigenvalue weighted by Crippen LogP contribution is 2.26. The maximum absolute atomic E-state index is 2.60. The van der Waals surface area contributed by atoms with Crippen molar-refractivity contribution in [1.29, 1.82) is 0 Å². The lowest BCUT2D eigenvalue weighted by molar-refractivity contribution is 0.112. The van der Waals surface area contributed by atoms with Gasteiger partial charge in [-0.1, -0.05) is 27.7 Å². The van der Waals surface area contributed by atoms with Crippen molar-refractivity contribution in [3.8, 4) is 0 Å². The molecule has 1 rings (SSSR count). The number of hydrogen-bond acceptors (Lipinski definition) is 1. The van der Waals surface area contributed by atoms with Crippen molar-refractivity contribution in [3.05, 3.63) is 0 Å². The molecule has 0 aromatic heterocycles. The van der Waals surface area contributed by atoms with E-state index >= 15 is 0 Å². The van der Waals surface area contributed by atoms with Gasteiger partial charge in [0, 0.05) is 13.1 Å². The molecule has 1 heteroatoms. The molecular formula is C11H23N. The summed E-state index contributed by atoms with van der Waals surface area (Å²) >= 11 is 0. The summed E-state index contributed by atoms with van der Waals surface area (Å²) in [5, 5.41) is 0. The highest BCUT2D eigenvalue weighted by Gasteiger charge is 2.25. The lowest BCUT2D eigenvalue weighted by atomic mass is 9.83. The molecule has 12 heavy (non-hydrogen) atoms. The molecule has 0 N–H and O–H groups in total. The van der Waals surface area contributed by atoms with Gasteiger partial charge in [-0.05, 0) is 30.7 Å². The Hall–Kier alpha value is -0.0400. The van der Waals surface area contributed by atoms with Gasteiger partial charge < -0.3 is 4.90 Å². The molecule has 0 bridgehead atoms. The third-order valence-electron chi connectivity index (χ3n) is 3.16. The van der Waals surface area contributed by atoms with Crippen LogP contribution in [0.1, 0.15) is 34.1 Å². The zero-order valence-electron chi connectivity index (χ0n) is 9.01. The molecule has 0 amide bonds. The van der Waals surface area contributed by atoms with E-state index in [-0.39, 0.29) is 0 Å². The highest BCUT2D eigenvalue weighted by molar-refractivity contribution is 4.77. The fourth-order valence-corrected chi connectivity index (χ4v) is 2.25. The van der Waals surface area contributed by atoms with E-state index in [9.17, 15) is 0 Å². The molecule has 0 unspecified atom stereocenters. The number of hydrogen-bond donors (Lipinski definition) is 0. The van der Waals surface area contributed by atoms with Crippen LogP contribution in [0, 0.1) is 17.8 Å². The van der Waals surface area contributed by atoms with Crippen molar-refractivity contribution < 1.29 is 0 Å². The zero-order chi connectivity index (χ0) is 9.14. The normalized spacial score (nSPS) is 32.8. The van der Waals surface area contributed by atoms with E-state index in [1.54, 1.807) is 0 Å². The summed E-state index contributed by atoms with van der Waals surface area (Å²) in [4.78, 5) is 2.60. The van der Waals surface area contributed by atoms with E-state index in [0.29, 0.717) is 0 Å². The maximum Gasteiger partial charge on any atom is 0.00122 e. The van der Waals surface area contributed by atoms with Crippen LogP contribution in [0.5, 0.6) is 0 Å². The average molecular weight is 169 g/mol. The second kappa shape index (κ2) is 4.27. The third-order valence-corrected chi connectivity index (χ3v) is 3.16. The van der Waals surface area contributed by atoms with Gasteiger partial charge >= 0.3 is 0 Å². The van der Waals surface area contributed by atoms with Gasteiger partial charge in [-0.15, -0.1) is 0 Å². The van der Waals surface area contributed by atoms with Gasteiger partial charge in [0.25, 0.3) is 0 Å². The summed E-state index contributed by atoms with van der Waals surface area (Å²) in [7, 11) is 0. The lowest BCUT2D eigenvalue weighted by Crippen LogP contribution is -2.41. The summed E-state index contributed by atoms with van der Waals surface area (Å²) in [5.41, 5.74) is 0. The van der Waals surface area contributed by atoms with Crippen LogP contribution in [0.4, 0.5) is 0 Å². The number of likely N-dealkylation sites (tertiary alicyclic amines) is 1. The van der Waals surface area contributed by atoms with Crippen molar-refractivity contribution in [2.24, 2.45) is 17.8 Å². The summed E-state index contributed by atoms with van der Waals surface area (Å²) in [6.45, 7) is 13.3. The zero-order valence-corrected chi connectivity index (χ0v) is 9.01. The maximum atomic E-state index is 2.60. The fourth-order valence-electron chi connectivity index (χ4n) is 2.25. The van der Waals surface area contributed by atoms with Gasteiger partial charge in [0.05, 0.1) is 0 Å². The Balaban J connectivity index is 2.45. The summed E-state index contributed by atoms with van der Waals surface area (Å²) in [6, 6.07) is 0. The molecule has 0 aromatic carbocycles. The van der Waals surface area contributed by atoms with Crippen LogP contribution in [0.2, 0.25) is 0 Å². The standard InChI is InChI=1S/C11H23N/c1-5-12-7-10(4)6-11(8-12)9(2)3/h9-11H,5-8H2,1-4H3/t10-,11+/m1/s1. The van der Waals surface area contributed by atoms with Crippen molar-refractivity contribution in [3.63, 3.8) is 0 Å². The van der Waals surface area contributed by atoms with Crippen LogP contribution >= 0.6 is 0 Å². The van der Waals surface area contributed by atoms with Gasteiger partial charge in [-0.3, -0.25) is 0 Å². The van der Waals surface area contributed by atoms with Crippen molar-refractivity contribution >= 4 is 0 Å². The van der Waals surface area contributed by atoms with Crippen LogP contribution in [0.25, 0.3) is 0 Å². The van der Waals surface area contributed by atoms with Crippen LogP contribution < -0.4 is 0 Å². The predicted octanol–water partition coefficient (Wildman–Crippen LogP) is 2.62. The molecule has 0 aromatic rings. The van der Waals surface area contributed by atoms with Gasteiger partial charge in [-0.2, -0.15) is 0 Å². The predicted molar refractivity (Wildman–Crippen MR) is 54.2 cm³/mol. The smallest absolute Gasteiger partial charge is 0.00122 e. The number of rotatable bonds is 2. The first-order valence-corrected chi connectivity index (χ1v) is 5.35.